The standard InChI is InChI=1S/C10H15NO4/c1-3-4-15-10(14)11(2)8-5-7(6-8)9(12)13/h3,7-8H,1,4-6H2,2H3,(H,12,13). The largest absolute Gasteiger partial charge is 0.481 e. The molecular formula is C10H15NO4. The summed E-state index contributed by atoms with van der Waals surface area (Å²) in [4.78, 5) is 23.3. The molecule has 1 aliphatic carbocycles. The van der Waals surface area contributed by atoms with E-state index in [0.29, 0.717) is 12.8 Å². The van der Waals surface area contributed by atoms with Crippen LogP contribution in [0.1, 0.15) is 12.8 Å². The third-order valence-corrected chi connectivity index (χ3v) is 2.62. The van der Waals surface area contributed by atoms with Gasteiger partial charge >= 0.3 is 12.1 Å². The number of rotatable bonds is 4. The van der Waals surface area contributed by atoms with Crippen LogP contribution >= 0.6 is 0 Å². The predicted octanol–water partition coefficient (Wildman–Crippen LogP) is 1.10. The van der Waals surface area contributed by atoms with Gasteiger partial charge in [-0.25, -0.2) is 4.79 Å². The Morgan fingerprint density at radius 3 is 2.67 bits per heavy atom. The quantitative estimate of drug-likeness (QED) is 0.710. The summed E-state index contributed by atoms with van der Waals surface area (Å²) in [6.45, 7) is 3.61. The van der Waals surface area contributed by atoms with Crippen LogP contribution < -0.4 is 0 Å². The Hall–Kier alpha value is -1.52. The van der Waals surface area contributed by atoms with Crippen molar-refractivity contribution in [2.45, 2.75) is 18.9 Å². The number of hydrogen-bond donors (Lipinski definition) is 1. The number of carboxylic acids is 1. The summed E-state index contributed by atoms with van der Waals surface area (Å²) < 4.78 is 4.83. The molecule has 15 heavy (non-hydrogen) atoms. The summed E-state index contributed by atoms with van der Waals surface area (Å²) in [5.41, 5.74) is 0. The number of nitrogens with zero attached hydrogens (tertiary/aromatic N) is 1. The summed E-state index contributed by atoms with van der Waals surface area (Å²) in [7, 11) is 1.62. The molecule has 0 saturated heterocycles. The molecule has 1 saturated carbocycles. The minimum absolute atomic E-state index is 0.0107. The predicted molar refractivity (Wildman–Crippen MR) is 53.5 cm³/mol. The number of carbonyl (C=O) groups excluding carboxylic acids is 1. The first kappa shape index (κ1) is 11.6. The van der Waals surface area contributed by atoms with Crippen LogP contribution in [-0.4, -0.2) is 41.8 Å². The normalized spacial score (nSPS) is 23.8. The van der Waals surface area contributed by atoms with E-state index >= 15 is 0 Å². The van der Waals surface area contributed by atoms with E-state index in [-0.39, 0.29) is 18.6 Å². The Labute approximate surface area is 88.3 Å². The molecule has 1 aliphatic rings. The molecule has 0 radical (unpaired) electrons. The van der Waals surface area contributed by atoms with Gasteiger partial charge in [-0.15, -0.1) is 0 Å². The van der Waals surface area contributed by atoms with Gasteiger partial charge in [-0.1, -0.05) is 12.7 Å². The zero-order valence-electron chi connectivity index (χ0n) is 8.68. The second-order valence-corrected chi connectivity index (χ2v) is 3.64. The Kier molecular flexibility index (Phi) is 3.71. The number of ether oxygens (including phenoxy) is 1. The third-order valence-electron chi connectivity index (χ3n) is 2.62. The Bertz CT molecular complexity index is 271. The molecule has 0 bridgehead atoms. The number of carboxylic acid groups (broad SMARTS) is 1. The van der Waals surface area contributed by atoms with Gasteiger partial charge in [0.15, 0.2) is 0 Å². The SMILES string of the molecule is C=CCOC(=O)N(C)C1CC(C(=O)O)C1. The van der Waals surface area contributed by atoms with Crippen molar-refractivity contribution in [2.24, 2.45) is 5.92 Å². The van der Waals surface area contributed by atoms with E-state index in [4.69, 9.17) is 9.84 Å². The van der Waals surface area contributed by atoms with Crippen LogP contribution in [0.25, 0.3) is 0 Å². The van der Waals surface area contributed by atoms with Crippen LogP contribution in [0.2, 0.25) is 0 Å². The molecule has 5 heteroatoms. The van der Waals surface area contributed by atoms with Crippen molar-refractivity contribution < 1.29 is 19.4 Å². The van der Waals surface area contributed by atoms with Gasteiger partial charge in [-0.3, -0.25) is 4.79 Å². The summed E-state index contributed by atoms with van der Waals surface area (Å²) in [6.07, 6.45) is 2.08. The van der Waals surface area contributed by atoms with Gasteiger partial charge in [0.2, 0.25) is 0 Å². The molecule has 1 rings (SSSR count). The highest BCUT2D eigenvalue weighted by Gasteiger charge is 2.38. The molecule has 1 amide bonds. The highest BCUT2D eigenvalue weighted by molar-refractivity contribution is 5.73. The van der Waals surface area contributed by atoms with E-state index in [9.17, 15) is 9.59 Å². The number of amides is 1. The van der Waals surface area contributed by atoms with Crippen molar-refractivity contribution in [1.82, 2.24) is 4.90 Å². The third kappa shape index (κ3) is 2.71. The lowest BCUT2D eigenvalue weighted by Crippen LogP contribution is -2.47. The highest BCUT2D eigenvalue weighted by atomic mass is 16.6. The maximum Gasteiger partial charge on any atom is 0.410 e. The molecule has 5 nitrogen and oxygen atoms in total. The fourth-order valence-corrected chi connectivity index (χ4v) is 1.49. The Morgan fingerprint density at radius 1 is 1.60 bits per heavy atom. The molecule has 1 fully saturated rings. The Morgan fingerprint density at radius 2 is 2.20 bits per heavy atom. The molecular weight excluding hydrogens is 198 g/mol. The molecule has 0 aromatic carbocycles. The summed E-state index contributed by atoms with van der Waals surface area (Å²) in [5.74, 6) is -1.11. The lowest BCUT2D eigenvalue weighted by Gasteiger charge is -2.38. The average molecular weight is 213 g/mol. The molecule has 1 N–H and O–H groups in total. The van der Waals surface area contributed by atoms with Crippen molar-refractivity contribution in [3.8, 4) is 0 Å². The first-order valence-corrected chi connectivity index (χ1v) is 4.79. The van der Waals surface area contributed by atoms with Crippen molar-refractivity contribution in [1.29, 1.82) is 0 Å². The zero-order valence-corrected chi connectivity index (χ0v) is 8.68. The van der Waals surface area contributed by atoms with Crippen molar-refractivity contribution >= 4 is 12.1 Å². The van der Waals surface area contributed by atoms with Crippen LogP contribution in [0.3, 0.4) is 0 Å². The van der Waals surface area contributed by atoms with E-state index in [1.807, 2.05) is 0 Å². The molecule has 0 atom stereocenters. The molecule has 0 spiro atoms. The van der Waals surface area contributed by atoms with Gasteiger partial charge in [-0.2, -0.15) is 0 Å². The maximum atomic E-state index is 11.3. The summed E-state index contributed by atoms with van der Waals surface area (Å²) >= 11 is 0. The van der Waals surface area contributed by atoms with Gasteiger partial charge < -0.3 is 14.7 Å². The van der Waals surface area contributed by atoms with E-state index in [0.717, 1.165) is 0 Å². The molecule has 0 heterocycles. The number of hydrogen-bond acceptors (Lipinski definition) is 3. The number of aliphatic carboxylic acids is 1. The van der Waals surface area contributed by atoms with Crippen LogP contribution in [0.4, 0.5) is 4.79 Å². The summed E-state index contributed by atoms with van der Waals surface area (Å²) in [5, 5.41) is 8.66. The van der Waals surface area contributed by atoms with Gasteiger partial charge in [0, 0.05) is 13.1 Å². The monoisotopic (exact) mass is 213 g/mol. The van der Waals surface area contributed by atoms with Gasteiger partial charge in [0.25, 0.3) is 0 Å². The van der Waals surface area contributed by atoms with E-state index < -0.39 is 12.1 Å². The van der Waals surface area contributed by atoms with Crippen LogP contribution in [0.5, 0.6) is 0 Å². The van der Waals surface area contributed by atoms with Crippen LogP contribution in [0, 0.1) is 5.92 Å². The molecule has 0 aromatic heterocycles. The lowest BCUT2D eigenvalue weighted by molar-refractivity contribution is -0.146. The maximum absolute atomic E-state index is 11.3. The Balaban J connectivity index is 2.30. The number of carbonyl (C=O) groups is 2. The van der Waals surface area contributed by atoms with Gasteiger partial charge in [0.05, 0.1) is 5.92 Å². The topological polar surface area (TPSA) is 66.8 Å². The minimum Gasteiger partial charge on any atom is -0.481 e. The lowest BCUT2D eigenvalue weighted by atomic mass is 9.80. The molecule has 0 unspecified atom stereocenters. The first-order chi connectivity index (χ1) is 7.06. The van der Waals surface area contributed by atoms with Gasteiger partial charge in [-0.05, 0) is 12.8 Å². The van der Waals surface area contributed by atoms with E-state index in [1.54, 1.807) is 7.05 Å². The fraction of sp³-hybridized carbons (Fsp3) is 0.600. The van der Waals surface area contributed by atoms with Crippen molar-refractivity contribution in [3.63, 3.8) is 0 Å². The van der Waals surface area contributed by atoms with Crippen molar-refractivity contribution in [2.75, 3.05) is 13.7 Å². The molecule has 0 aromatic rings. The van der Waals surface area contributed by atoms with Crippen LogP contribution in [0.15, 0.2) is 12.7 Å². The van der Waals surface area contributed by atoms with Gasteiger partial charge in [0.1, 0.15) is 6.61 Å². The van der Waals surface area contributed by atoms with E-state index in [1.165, 1.54) is 11.0 Å². The minimum atomic E-state index is -0.792. The van der Waals surface area contributed by atoms with Crippen LogP contribution in [-0.2, 0) is 9.53 Å². The molecule has 84 valence electrons. The average Bonchev–Trinajstić information content (AvgIpc) is 2.10. The fourth-order valence-electron chi connectivity index (χ4n) is 1.49. The second kappa shape index (κ2) is 4.82. The first-order valence-electron chi connectivity index (χ1n) is 4.79. The van der Waals surface area contributed by atoms with Crippen molar-refractivity contribution in [3.05, 3.63) is 12.7 Å². The second-order valence-electron chi connectivity index (χ2n) is 3.64. The summed E-state index contributed by atoms with van der Waals surface area (Å²) in [6, 6.07) is -0.0107. The molecule has 0 aliphatic heterocycles. The highest BCUT2D eigenvalue weighted by Crippen LogP contribution is 2.31. The smallest absolute Gasteiger partial charge is 0.410 e. The zero-order chi connectivity index (χ0) is 11.4. The van der Waals surface area contributed by atoms with E-state index in [2.05, 4.69) is 6.58 Å².